The molecule has 2 rings (SSSR count). The highest BCUT2D eigenvalue weighted by Crippen LogP contribution is 2.23. The summed E-state index contributed by atoms with van der Waals surface area (Å²) >= 11 is 3.01. The second-order valence-corrected chi connectivity index (χ2v) is 5.71. The van der Waals surface area contributed by atoms with E-state index in [-0.39, 0.29) is 23.0 Å². The third-order valence-corrected chi connectivity index (χ3v) is 4.03. The van der Waals surface area contributed by atoms with Crippen molar-refractivity contribution in [1.82, 2.24) is 4.90 Å². The third-order valence-electron chi connectivity index (χ3n) is 3.38. The molecule has 1 atom stereocenters. The van der Waals surface area contributed by atoms with Crippen molar-refractivity contribution in [3.05, 3.63) is 34.1 Å². The van der Waals surface area contributed by atoms with Crippen molar-refractivity contribution in [2.45, 2.75) is 18.4 Å². The molecule has 20 heavy (non-hydrogen) atoms. The predicted molar refractivity (Wildman–Crippen MR) is 73.4 cm³/mol. The summed E-state index contributed by atoms with van der Waals surface area (Å²) in [7, 11) is 0. The summed E-state index contributed by atoms with van der Waals surface area (Å²) in [5, 5.41) is 10.1. The summed E-state index contributed by atoms with van der Waals surface area (Å²) < 4.78 is 13.7. The fraction of sp³-hybridized carbons (Fsp3) is 0.385. The summed E-state index contributed by atoms with van der Waals surface area (Å²) in [6.07, 6.45) is 0.686. The number of aliphatic hydroxyl groups is 1. The Morgan fingerprint density at radius 1 is 1.45 bits per heavy atom. The zero-order valence-electron chi connectivity index (χ0n) is 10.6. The van der Waals surface area contributed by atoms with Gasteiger partial charge in [-0.2, -0.15) is 0 Å². The van der Waals surface area contributed by atoms with Crippen LogP contribution >= 0.6 is 15.9 Å². The van der Waals surface area contributed by atoms with Gasteiger partial charge in [-0.15, -0.1) is 0 Å². The number of primary amides is 1. The van der Waals surface area contributed by atoms with Crippen LogP contribution in [0.4, 0.5) is 4.39 Å². The van der Waals surface area contributed by atoms with E-state index in [2.05, 4.69) is 15.9 Å². The second kappa shape index (κ2) is 5.49. The van der Waals surface area contributed by atoms with Gasteiger partial charge in [-0.1, -0.05) is 0 Å². The van der Waals surface area contributed by atoms with E-state index in [1.54, 1.807) is 0 Å². The van der Waals surface area contributed by atoms with Crippen LogP contribution < -0.4 is 5.73 Å². The highest BCUT2D eigenvalue weighted by molar-refractivity contribution is 9.10. The molecule has 0 radical (unpaired) electrons. The lowest BCUT2D eigenvalue weighted by atomic mass is 9.92. The Balaban J connectivity index is 2.20. The van der Waals surface area contributed by atoms with Gasteiger partial charge >= 0.3 is 0 Å². The summed E-state index contributed by atoms with van der Waals surface area (Å²) in [5.74, 6) is -1.83. The first kappa shape index (κ1) is 14.9. The molecule has 0 unspecified atom stereocenters. The molecule has 7 heteroatoms. The number of hydrogen-bond donors (Lipinski definition) is 2. The third kappa shape index (κ3) is 2.83. The topological polar surface area (TPSA) is 83.6 Å². The highest BCUT2D eigenvalue weighted by Gasteiger charge is 2.40. The maximum Gasteiger partial charge on any atom is 0.254 e. The second-order valence-electron chi connectivity index (χ2n) is 4.85. The Labute approximate surface area is 123 Å². The van der Waals surface area contributed by atoms with Crippen LogP contribution in [-0.4, -0.2) is 40.5 Å². The molecule has 0 aliphatic carbocycles. The van der Waals surface area contributed by atoms with E-state index in [0.29, 0.717) is 13.0 Å². The van der Waals surface area contributed by atoms with Crippen LogP contribution in [0.15, 0.2) is 22.7 Å². The molecule has 1 heterocycles. The van der Waals surface area contributed by atoms with Gasteiger partial charge < -0.3 is 15.7 Å². The van der Waals surface area contributed by atoms with Crippen molar-refractivity contribution in [3.63, 3.8) is 0 Å². The molecule has 1 aliphatic heterocycles. The average molecular weight is 345 g/mol. The molecule has 0 spiro atoms. The molecule has 108 valence electrons. The van der Waals surface area contributed by atoms with E-state index in [1.165, 1.54) is 17.0 Å². The number of β-amino-alcohol motifs (C(OH)–C–C–N with tert-alkyl or cyclic N) is 1. The Bertz CT molecular complexity index is 567. The first-order valence-electron chi connectivity index (χ1n) is 6.10. The number of amides is 2. The van der Waals surface area contributed by atoms with Gasteiger partial charge in [-0.3, -0.25) is 9.59 Å². The first-order valence-corrected chi connectivity index (χ1v) is 6.89. The van der Waals surface area contributed by atoms with Crippen molar-refractivity contribution in [2.75, 3.05) is 13.1 Å². The number of nitrogens with two attached hydrogens (primary N) is 1. The van der Waals surface area contributed by atoms with Gasteiger partial charge in [0.25, 0.3) is 11.8 Å². The van der Waals surface area contributed by atoms with Crippen LogP contribution in [0.5, 0.6) is 0 Å². The van der Waals surface area contributed by atoms with Gasteiger partial charge in [0.05, 0.1) is 11.0 Å². The number of carbonyl (C=O) groups excluding carboxylic acids is 2. The van der Waals surface area contributed by atoms with Gasteiger partial charge in [-0.25, -0.2) is 4.39 Å². The Morgan fingerprint density at radius 3 is 2.75 bits per heavy atom. The van der Waals surface area contributed by atoms with Gasteiger partial charge in [0.1, 0.15) is 5.82 Å². The van der Waals surface area contributed by atoms with Crippen molar-refractivity contribution in [1.29, 1.82) is 0 Å². The Kier molecular flexibility index (Phi) is 4.10. The van der Waals surface area contributed by atoms with E-state index >= 15 is 0 Å². The lowest BCUT2D eigenvalue weighted by molar-refractivity contribution is -0.140. The molecule has 0 aromatic heterocycles. The molecule has 0 bridgehead atoms. The van der Waals surface area contributed by atoms with Gasteiger partial charge in [0.15, 0.2) is 5.60 Å². The minimum Gasteiger partial charge on any atom is -0.378 e. The van der Waals surface area contributed by atoms with Crippen molar-refractivity contribution in [2.24, 2.45) is 5.73 Å². The molecular weight excluding hydrogens is 331 g/mol. The zero-order chi connectivity index (χ0) is 14.9. The maximum absolute atomic E-state index is 13.4. The summed E-state index contributed by atoms with van der Waals surface area (Å²) in [5.41, 5.74) is 3.61. The number of likely N-dealkylation sites (tertiary alicyclic amines) is 1. The number of nitrogens with zero attached hydrogens (tertiary/aromatic N) is 1. The molecule has 1 fully saturated rings. The first-order chi connectivity index (χ1) is 9.33. The molecular formula is C13H14BrFN2O3. The lowest BCUT2D eigenvalue weighted by Crippen LogP contribution is -2.57. The summed E-state index contributed by atoms with van der Waals surface area (Å²) in [6, 6.07) is 4.03. The SMILES string of the molecule is NC(=O)[C@]1(O)CCCN(C(=O)c2ccc(Br)c(F)c2)C1. The fourth-order valence-corrected chi connectivity index (χ4v) is 2.47. The molecule has 1 aromatic carbocycles. The summed E-state index contributed by atoms with van der Waals surface area (Å²) in [4.78, 5) is 24.8. The Morgan fingerprint density at radius 2 is 2.15 bits per heavy atom. The van der Waals surface area contributed by atoms with Crippen molar-refractivity contribution in [3.8, 4) is 0 Å². The van der Waals surface area contributed by atoms with Crippen LogP contribution in [-0.2, 0) is 4.79 Å². The van der Waals surface area contributed by atoms with Crippen LogP contribution in [0.1, 0.15) is 23.2 Å². The van der Waals surface area contributed by atoms with E-state index in [4.69, 9.17) is 5.73 Å². The number of hydrogen-bond acceptors (Lipinski definition) is 3. The number of carbonyl (C=O) groups is 2. The largest absolute Gasteiger partial charge is 0.378 e. The van der Waals surface area contributed by atoms with E-state index < -0.39 is 23.2 Å². The fourth-order valence-electron chi connectivity index (χ4n) is 2.22. The van der Waals surface area contributed by atoms with E-state index in [1.807, 2.05) is 0 Å². The van der Waals surface area contributed by atoms with Crippen LogP contribution in [0.3, 0.4) is 0 Å². The number of rotatable bonds is 2. The van der Waals surface area contributed by atoms with Crippen LogP contribution in [0.25, 0.3) is 0 Å². The molecule has 1 saturated heterocycles. The van der Waals surface area contributed by atoms with Crippen LogP contribution in [0.2, 0.25) is 0 Å². The van der Waals surface area contributed by atoms with Crippen molar-refractivity contribution < 1.29 is 19.1 Å². The van der Waals surface area contributed by atoms with Gasteiger partial charge in [0.2, 0.25) is 0 Å². The summed E-state index contributed by atoms with van der Waals surface area (Å²) in [6.45, 7) is 0.227. The molecule has 2 amide bonds. The predicted octanol–water partition coefficient (Wildman–Crippen LogP) is 1.04. The highest BCUT2D eigenvalue weighted by atomic mass is 79.9. The van der Waals surface area contributed by atoms with E-state index in [0.717, 1.165) is 6.07 Å². The molecule has 0 saturated carbocycles. The zero-order valence-corrected chi connectivity index (χ0v) is 12.2. The molecule has 3 N–H and O–H groups in total. The van der Waals surface area contributed by atoms with Gasteiger partial charge in [-0.05, 0) is 47.0 Å². The number of halogens is 2. The monoisotopic (exact) mass is 344 g/mol. The van der Waals surface area contributed by atoms with Crippen molar-refractivity contribution >= 4 is 27.7 Å². The minimum atomic E-state index is -1.71. The Hall–Kier alpha value is -1.47. The number of benzene rings is 1. The van der Waals surface area contributed by atoms with Crippen LogP contribution in [0, 0.1) is 5.82 Å². The quantitative estimate of drug-likeness (QED) is 0.840. The van der Waals surface area contributed by atoms with E-state index in [9.17, 15) is 19.1 Å². The molecule has 1 aliphatic rings. The average Bonchev–Trinajstić information content (AvgIpc) is 2.41. The van der Waals surface area contributed by atoms with Gasteiger partial charge in [0, 0.05) is 12.1 Å². The maximum atomic E-state index is 13.4. The molecule has 5 nitrogen and oxygen atoms in total. The normalized spacial score (nSPS) is 22.6. The molecule has 1 aromatic rings. The standard InChI is InChI=1S/C13H14BrFN2O3/c14-9-3-2-8(6-10(9)15)11(18)17-5-1-4-13(20,7-17)12(16)19/h2-3,6,20H,1,4-5,7H2,(H2,16,19)/t13-/m0/s1. The lowest BCUT2D eigenvalue weighted by Gasteiger charge is -2.37. The minimum absolute atomic E-state index is 0.166. The smallest absolute Gasteiger partial charge is 0.254 e. The number of piperidine rings is 1.